The fourth-order valence-corrected chi connectivity index (χ4v) is 4.02. The van der Waals surface area contributed by atoms with E-state index in [-0.39, 0.29) is 12.1 Å². The topological polar surface area (TPSA) is 41.6 Å². The van der Waals surface area contributed by atoms with E-state index in [1.54, 1.807) is 18.4 Å². The van der Waals surface area contributed by atoms with Gasteiger partial charge in [-0.2, -0.15) is 0 Å². The van der Waals surface area contributed by atoms with Crippen LogP contribution in [0.25, 0.3) is 0 Å². The maximum Gasteiger partial charge on any atom is 0.257 e. The second-order valence-corrected chi connectivity index (χ2v) is 7.18. The number of fused-ring (bicyclic) bond motifs is 1. The van der Waals surface area contributed by atoms with Gasteiger partial charge in [-0.25, -0.2) is 0 Å². The third kappa shape index (κ3) is 3.18. The SMILES string of the molecule is COc1ccc(CCN2C(=O)c3ccccc3N[C@H]2c2cccs2)cc1. The van der Waals surface area contributed by atoms with Gasteiger partial charge in [-0.3, -0.25) is 4.79 Å². The van der Waals surface area contributed by atoms with Gasteiger partial charge in [0.2, 0.25) is 0 Å². The van der Waals surface area contributed by atoms with E-state index < -0.39 is 0 Å². The quantitative estimate of drug-likeness (QED) is 0.721. The number of methoxy groups -OCH3 is 1. The largest absolute Gasteiger partial charge is 0.497 e. The van der Waals surface area contributed by atoms with E-state index in [2.05, 4.69) is 23.5 Å². The number of anilines is 1. The zero-order chi connectivity index (χ0) is 17.9. The number of hydrogen-bond donors (Lipinski definition) is 1. The second-order valence-electron chi connectivity index (χ2n) is 6.20. The molecule has 26 heavy (non-hydrogen) atoms. The molecule has 3 aromatic rings. The minimum Gasteiger partial charge on any atom is -0.497 e. The molecular weight excluding hydrogens is 344 g/mol. The first-order chi connectivity index (χ1) is 12.8. The van der Waals surface area contributed by atoms with Crippen molar-refractivity contribution in [3.63, 3.8) is 0 Å². The van der Waals surface area contributed by atoms with E-state index in [4.69, 9.17) is 4.74 Å². The average molecular weight is 364 g/mol. The normalized spacial score (nSPS) is 16.1. The molecule has 1 aliphatic rings. The number of amides is 1. The second kappa shape index (κ2) is 7.22. The molecule has 0 radical (unpaired) electrons. The average Bonchev–Trinajstić information content (AvgIpc) is 3.22. The van der Waals surface area contributed by atoms with Gasteiger partial charge in [0.15, 0.2) is 0 Å². The Labute approximate surface area is 157 Å². The molecule has 0 aliphatic carbocycles. The maximum atomic E-state index is 13.1. The highest BCUT2D eigenvalue weighted by molar-refractivity contribution is 7.10. The summed E-state index contributed by atoms with van der Waals surface area (Å²) >= 11 is 1.66. The Morgan fingerprint density at radius 2 is 1.88 bits per heavy atom. The minimum absolute atomic E-state index is 0.0752. The molecule has 0 spiro atoms. The van der Waals surface area contributed by atoms with Gasteiger partial charge in [-0.05, 0) is 47.7 Å². The summed E-state index contributed by atoms with van der Waals surface area (Å²) in [6.07, 6.45) is 0.664. The van der Waals surface area contributed by atoms with Gasteiger partial charge in [-0.15, -0.1) is 11.3 Å². The molecule has 2 heterocycles. The van der Waals surface area contributed by atoms with Crippen LogP contribution < -0.4 is 10.1 Å². The molecule has 5 heteroatoms. The summed E-state index contributed by atoms with van der Waals surface area (Å²) in [4.78, 5) is 16.2. The summed E-state index contributed by atoms with van der Waals surface area (Å²) in [5, 5.41) is 5.58. The first kappa shape index (κ1) is 16.7. The predicted molar refractivity (Wildman–Crippen MR) is 105 cm³/mol. The lowest BCUT2D eigenvalue weighted by Crippen LogP contribution is -2.43. The molecule has 0 unspecified atom stereocenters. The number of rotatable bonds is 5. The predicted octanol–water partition coefficient (Wildman–Crippen LogP) is 4.57. The summed E-state index contributed by atoms with van der Waals surface area (Å²) in [5.41, 5.74) is 2.81. The van der Waals surface area contributed by atoms with Crippen LogP contribution in [0.3, 0.4) is 0 Å². The van der Waals surface area contributed by atoms with Gasteiger partial charge >= 0.3 is 0 Å². The van der Waals surface area contributed by atoms with Crippen molar-refractivity contribution < 1.29 is 9.53 Å². The van der Waals surface area contributed by atoms with Gasteiger partial charge in [-0.1, -0.05) is 30.3 Å². The number of nitrogens with zero attached hydrogens (tertiary/aromatic N) is 1. The Morgan fingerprint density at radius 3 is 2.62 bits per heavy atom. The van der Waals surface area contributed by atoms with E-state index in [1.807, 2.05) is 52.7 Å². The third-order valence-corrected chi connectivity index (χ3v) is 5.56. The van der Waals surface area contributed by atoms with Crippen molar-refractivity contribution in [2.45, 2.75) is 12.6 Å². The van der Waals surface area contributed by atoms with E-state index in [0.29, 0.717) is 6.54 Å². The molecule has 1 N–H and O–H groups in total. The standard InChI is InChI=1S/C21H20N2O2S/c1-25-16-10-8-15(9-11-16)12-13-23-20(19-7-4-14-26-19)22-18-6-3-2-5-17(18)21(23)24/h2-11,14,20,22H,12-13H2,1H3/t20-/m1/s1. The summed E-state index contributed by atoms with van der Waals surface area (Å²) in [6, 6.07) is 19.8. The fourth-order valence-electron chi connectivity index (χ4n) is 3.24. The number of nitrogens with one attached hydrogen (secondary N) is 1. The molecule has 1 aromatic heterocycles. The molecule has 2 aromatic carbocycles. The molecule has 0 fully saturated rings. The van der Waals surface area contributed by atoms with Gasteiger partial charge in [0.05, 0.1) is 12.7 Å². The third-order valence-electron chi connectivity index (χ3n) is 4.64. The van der Waals surface area contributed by atoms with E-state index in [0.717, 1.165) is 28.3 Å². The van der Waals surface area contributed by atoms with Gasteiger partial charge in [0, 0.05) is 17.1 Å². The number of carbonyl (C=O) groups excluding carboxylic acids is 1. The number of benzene rings is 2. The van der Waals surface area contributed by atoms with Crippen molar-refractivity contribution in [3.8, 4) is 5.75 Å². The van der Waals surface area contributed by atoms with Crippen LogP contribution in [0.1, 0.15) is 27.0 Å². The number of ether oxygens (including phenoxy) is 1. The van der Waals surface area contributed by atoms with Gasteiger partial charge in [0.25, 0.3) is 5.91 Å². The summed E-state index contributed by atoms with van der Waals surface area (Å²) in [7, 11) is 1.66. The van der Waals surface area contributed by atoms with Crippen LogP contribution in [0.15, 0.2) is 66.0 Å². The first-order valence-electron chi connectivity index (χ1n) is 8.59. The zero-order valence-corrected chi connectivity index (χ0v) is 15.3. The van der Waals surface area contributed by atoms with Crippen LogP contribution in [-0.4, -0.2) is 24.5 Å². The zero-order valence-electron chi connectivity index (χ0n) is 14.5. The molecule has 0 saturated carbocycles. The molecule has 4 nitrogen and oxygen atoms in total. The van der Waals surface area contributed by atoms with Crippen LogP contribution in [0.4, 0.5) is 5.69 Å². The van der Waals surface area contributed by atoms with E-state index >= 15 is 0 Å². The monoisotopic (exact) mass is 364 g/mol. The van der Waals surface area contributed by atoms with Crippen LogP contribution >= 0.6 is 11.3 Å². The van der Waals surface area contributed by atoms with Crippen LogP contribution in [0.5, 0.6) is 5.75 Å². The van der Waals surface area contributed by atoms with E-state index in [1.165, 1.54) is 5.56 Å². The Morgan fingerprint density at radius 1 is 1.08 bits per heavy atom. The number of para-hydroxylation sites is 1. The van der Waals surface area contributed by atoms with Crippen molar-refractivity contribution in [2.75, 3.05) is 19.0 Å². The summed E-state index contributed by atoms with van der Waals surface area (Å²) < 4.78 is 5.21. The van der Waals surface area contributed by atoms with Gasteiger partial charge in [0.1, 0.15) is 11.9 Å². The lowest BCUT2D eigenvalue weighted by atomic mass is 10.1. The highest BCUT2D eigenvalue weighted by Gasteiger charge is 2.32. The van der Waals surface area contributed by atoms with Crippen molar-refractivity contribution in [1.82, 2.24) is 4.90 Å². The molecule has 1 amide bonds. The number of carbonyl (C=O) groups is 1. The van der Waals surface area contributed by atoms with Crippen molar-refractivity contribution >= 4 is 22.9 Å². The molecular formula is C21H20N2O2S. The lowest BCUT2D eigenvalue weighted by molar-refractivity contribution is 0.0688. The van der Waals surface area contributed by atoms with Crippen LogP contribution in [0, 0.1) is 0 Å². The summed E-state index contributed by atoms with van der Waals surface area (Å²) in [5.74, 6) is 0.918. The molecule has 4 rings (SSSR count). The van der Waals surface area contributed by atoms with Crippen molar-refractivity contribution in [1.29, 1.82) is 0 Å². The van der Waals surface area contributed by atoms with E-state index in [9.17, 15) is 4.79 Å². The van der Waals surface area contributed by atoms with Crippen LogP contribution in [-0.2, 0) is 6.42 Å². The minimum atomic E-state index is -0.129. The Kier molecular flexibility index (Phi) is 4.63. The number of thiophene rings is 1. The molecule has 1 atom stereocenters. The van der Waals surface area contributed by atoms with Gasteiger partial charge < -0.3 is 15.0 Å². The number of hydrogen-bond acceptors (Lipinski definition) is 4. The Bertz CT molecular complexity index is 891. The van der Waals surface area contributed by atoms with Crippen molar-refractivity contribution in [2.24, 2.45) is 0 Å². The highest BCUT2D eigenvalue weighted by Crippen LogP contribution is 2.34. The Hall–Kier alpha value is -2.79. The first-order valence-corrected chi connectivity index (χ1v) is 9.47. The smallest absolute Gasteiger partial charge is 0.257 e. The maximum absolute atomic E-state index is 13.1. The molecule has 1 aliphatic heterocycles. The molecule has 0 bridgehead atoms. The molecule has 132 valence electrons. The lowest BCUT2D eigenvalue weighted by Gasteiger charge is -2.37. The van der Waals surface area contributed by atoms with Crippen molar-refractivity contribution in [3.05, 3.63) is 82.0 Å². The highest BCUT2D eigenvalue weighted by atomic mass is 32.1. The van der Waals surface area contributed by atoms with Crippen LogP contribution in [0.2, 0.25) is 0 Å². The Balaban J connectivity index is 1.59. The summed E-state index contributed by atoms with van der Waals surface area (Å²) in [6.45, 7) is 0.648. The molecule has 0 saturated heterocycles. The fraction of sp³-hybridized carbons (Fsp3) is 0.190.